The molecule has 2 N–H and O–H groups in total. The Morgan fingerprint density at radius 2 is 2.21 bits per heavy atom. The predicted molar refractivity (Wildman–Crippen MR) is 80.9 cm³/mol. The van der Waals surface area contributed by atoms with E-state index in [1.54, 1.807) is 6.20 Å². The molecule has 102 valence electrons. The molecule has 1 saturated heterocycles. The van der Waals surface area contributed by atoms with Gasteiger partial charge in [-0.1, -0.05) is 24.7 Å². The van der Waals surface area contributed by atoms with Gasteiger partial charge in [-0.3, -0.25) is 9.88 Å². The lowest BCUT2D eigenvalue weighted by Crippen LogP contribution is -2.42. The molecule has 0 bridgehead atoms. The number of piperidine rings is 1. The highest BCUT2D eigenvalue weighted by Crippen LogP contribution is 2.37. The second-order valence-electron chi connectivity index (χ2n) is 5.75. The zero-order chi connectivity index (χ0) is 13.2. The minimum absolute atomic E-state index is 0.413. The fourth-order valence-corrected chi connectivity index (χ4v) is 3.94. The summed E-state index contributed by atoms with van der Waals surface area (Å²) in [5, 5.41) is 0. The first-order valence-corrected chi connectivity index (χ1v) is 7.64. The number of hydrogen-bond donors (Lipinski definition) is 1. The highest BCUT2D eigenvalue weighted by atomic mass is 32.1. The summed E-state index contributed by atoms with van der Waals surface area (Å²) in [6.45, 7) is 2.15. The normalized spacial score (nSPS) is 27.2. The molecule has 1 aliphatic carbocycles. The van der Waals surface area contributed by atoms with Crippen molar-refractivity contribution < 1.29 is 0 Å². The van der Waals surface area contributed by atoms with Gasteiger partial charge in [-0.2, -0.15) is 0 Å². The van der Waals surface area contributed by atoms with Crippen molar-refractivity contribution in [2.24, 2.45) is 11.7 Å². The van der Waals surface area contributed by atoms with Crippen LogP contribution < -0.4 is 5.73 Å². The van der Waals surface area contributed by atoms with Crippen molar-refractivity contribution in [3.8, 4) is 0 Å². The summed E-state index contributed by atoms with van der Waals surface area (Å²) >= 11 is 5.11. The monoisotopic (exact) mass is 275 g/mol. The Labute approximate surface area is 120 Å². The molecule has 0 radical (unpaired) electrons. The summed E-state index contributed by atoms with van der Waals surface area (Å²) in [5.41, 5.74) is 7.76. The topological polar surface area (TPSA) is 42.1 Å². The maximum atomic E-state index is 5.78. The molecule has 3 rings (SSSR count). The molecule has 2 heterocycles. The smallest absolute Gasteiger partial charge is 0.123 e. The maximum absolute atomic E-state index is 5.78. The zero-order valence-corrected chi connectivity index (χ0v) is 12.0. The van der Waals surface area contributed by atoms with Crippen LogP contribution in [0.5, 0.6) is 0 Å². The molecule has 19 heavy (non-hydrogen) atoms. The fourth-order valence-electron chi connectivity index (χ4n) is 3.76. The first kappa shape index (κ1) is 13.0. The van der Waals surface area contributed by atoms with Crippen LogP contribution in [0, 0.1) is 5.92 Å². The summed E-state index contributed by atoms with van der Waals surface area (Å²) in [4.78, 5) is 7.37. The molecule has 2 fully saturated rings. The van der Waals surface area contributed by atoms with E-state index in [1.807, 2.05) is 6.07 Å². The molecule has 0 amide bonds. The highest BCUT2D eigenvalue weighted by Gasteiger charge is 2.34. The molecule has 1 aliphatic heterocycles. The molecule has 2 unspecified atom stereocenters. The number of thiocarbonyl (C=S) groups is 1. The Morgan fingerprint density at radius 1 is 1.37 bits per heavy atom. The van der Waals surface area contributed by atoms with Crippen molar-refractivity contribution in [2.75, 3.05) is 6.54 Å². The molecule has 0 spiro atoms. The lowest BCUT2D eigenvalue weighted by Gasteiger charge is -2.38. The van der Waals surface area contributed by atoms with Crippen molar-refractivity contribution in [2.45, 2.75) is 44.7 Å². The second kappa shape index (κ2) is 5.55. The number of nitrogens with two attached hydrogens (primary N) is 1. The Balaban J connectivity index is 1.79. The molecular weight excluding hydrogens is 254 g/mol. The first-order valence-electron chi connectivity index (χ1n) is 7.23. The largest absolute Gasteiger partial charge is 0.388 e. The van der Waals surface area contributed by atoms with Crippen LogP contribution in [0.4, 0.5) is 0 Å². The van der Waals surface area contributed by atoms with Gasteiger partial charge in [0, 0.05) is 18.8 Å². The van der Waals surface area contributed by atoms with Gasteiger partial charge in [-0.25, -0.2) is 0 Å². The van der Waals surface area contributed by atoms with Gasteiger partial charge in [0.25, 0.3) is 0 Å². The van der Waals surface area contributed by atoms with Gasteiger partial charge >= 0.3 is 0 Å². The van der Waals surface area contributed by atoms with Gasteiger partial charge < -0.3 is 5.73 Å². The van der Waals surface area contributed by atoms with Crippen LogP contribution in [0.3, 0.4) is 0 Å². The van der Waals surface area contributed by atoms with Gasteiger partial charge in [0.2, 0.25) is 0 Å². The van der Waals surface area contributed by atoms with Crippen LogP contribution in [0.25, 0.3) is 0 Å². The highest BCUT2D eigenvalue weighted by molar-refractivity contribution is 7.80. The average molecular weight is 275 g/mol. The third-order valence-electron chi connectivity index (χ3n) is 4.61. The average Bonchev–Trinajstić information content (AvgIpc) is 2.88. The third kappa shape index (κ3) is 2.65. The van der Waals surface area contributed by atoms with E-state index in [1.165, 1.54) is 44.2 Å². The van der Waals surface area contributed by atoms with Crippen LogP contribution in [-0.4, -0.2) is 27.5 Å². The van der Waals surface area contributed by atoms with Crippen molar-refractivity contribution in [3.63, 3.8) is 0 Å². The van der Waals surface area contributed by atoms with Gasteiger partial charge in [-0.15, -0.1) is 0 Å². The molecule has 1 saturated carbocycles. The number of aromatic nitrogens is 1. The molecule has 3 nitrogen and oxygen atoms in total. The molecular formula is C15H21N3S. The molecule has 0 aromatic carbocycles. The van der Waals surface area contributed by atoms with Crippen LogP contribution >= 0.6 is 12.2 Å². The van der Waals surface area contributed by atoms with E-state index in [4.69, 9.17) is 18.0 Å². The molecule has 1 aromatic rings. The molecule has 1 aromatic heterocycles. The Kier molecular flexibility index (Phi) is 3.80. The van der Waals surface area contributed by atoms with Crippen LogP contribution in [0.15, 0.2) is 18.3 Å². The lowest BCUT2D eigenvalue weighted by atomic mass is 9.91. The molecule has 2 atom stereocenters. The van der Waals surface area contributed by atoms with Gasteiger partial charge in [-0.05, 0) is 49.8 Å². The Hall–Kier alpha value is -1.00. The summed E-state index contributed by atoms with van der Waals surface area (Å²) in [6, 6.07) is 4.86. The SMILES string of the molecule is NC(=S)c1ncccc1CN1CCCC2CCCC21. The van der Waals surface area contributed by atoms with E-state index < -0.39 is 0 Å². The van der Waals surface area contributed by atoms with Gasteiger partial charge in [0.1, 0.15) is 10.7 Å². The number of hydrogen-bond acceptors (Lipinski definition) is 3. The van der Waals surface area contributed by atoms with E-state index in [9.17, 15) is 0 Å². The van der Waals surface area contributed by atoms with E-state index >= 15 is 0 Å². The third-order valence-corrected chi connectivity index (χ3v) is 4.80. The van der Waals surface area contributed by atoms with E-state index in [0.29, 0.717) is 4.99 Å². The van der Waals surface area contributed by atoms with Gasteiger partial charge in [0.15, 0.2) is 0 Å². The summed E-state index contributed by atoms with van der Waals surface area (Å²) in [6.07, 6.45) is 8.66. The Morgan fingerprint density at radius 3 is 3.05 bits per heavy atom. The second-order valence-corrected chi connectivity index (χ2v) is 6.19. The van der Waals surface area contributed by atoms with Gasteiger partial charge in [0.05, 0.1) is 0 Å². The number of fused-ring (bicyclic) bond motifs is 1. The van der Waals surface area contributed by atoms with Crippen LogP contribution in [0.1, 0.15) is 43.4 Å². The minimum atomic E-state index is 0.413. The van der Waals surface area contributed by atoms with Crippen molar-refractivity contribution in [1.29, 1.82) is 0 Å². The zero-order valence-electron chi connectivity index (χ0n) is 11.2. The summed E-state index contributed by atoms with van der Waals surface area (Å²) in [5.74, 6) is 0.915. The van der Waals surface area contributed by atoms with E-state index in [2.05, 4.69) is 16.0 Å². The lowest BCUT2D eigenvalue weighted by molar-refractivity contribution is 0.106. The van der Waals surface area contributed by atoms with Crippen molar-refractivity contribution in [3.05, 3.63) is 29.6 Å². The number of nitrogens with zero attached hydrogens (tertiary/aromatic N) is 2. The summed E-state index contributed by atoms with van der Waals surface area (Å²) in [7, 11) is 0. The first-order chi connectivity index (χ1) is 9.25. The van der Waals surface area contributed by atoms with Crippen LogP contribution in [0.2, 0.25) is 0 Å². The van der Waals surface area contributed by atoms with E-state index in [0.717, 1.165) is 24.2 Å². The fraction of sp³-hybridized carbons (Fsp3) is 0.600. The van der Waals surface area contributed by atoms with Crippen molar-refractivity contribution >= 4 is 17.2 Å². The standard InChI is InChI=1S/C15H21N3S/c16-15(19)14-12(5-2-8-17-14)10-18-9-3-6-11-4-1-7-13(11)18/h2,5,8,11,13H,1,3-4,6-7,9-10H2,(H2,16,19). The minimum Gasteiger partial charge on any atom is -0.388 e. The Bertz CT molecular complexity index is 474. The molecule has 4 heteroatoms. The quantitative estimate of drug-likeness (QED) is 0.861. The van der Waals surface area contributed by atoms with Crippen LogP contribution in [-0.2, 0) is 6.54 Å². The summed E-state index contributed by atoms with van der Waals surface area (Å²) < 4.78 is 0. The predicted octanol–water partition coefficient (Wildman–Crippen LogP) is 2.48. The number of rotatable bonds is 3. The maximum Gasteiger partial charge on any atom is 0.123 e. The molecule has 2 aliphatic rings. The van der Waals surface area contributed by atoms with E-state index in [-0.39, 0.29) is 0 Å². The number of likely N-dealkylation sites (tertiary alicyclic amines) is 1. The number of pyridine rings is 1. The van der Waals surface area contributed by atoms with Crippen molar-refractivity contribution in [1.82, 2.24) is 9.88 Å².